The number of carbonyl (C=O) groups excluding carboxylic acids is 5. The minimum absolute atomic E-state index is 0.0874. The second-order valence-electron chi connectivity index (χ2n) is 21.1. The lowest BCUT2D eigenvalue weighted by atomic mass is 10.0. The third kappa shape index (κ3) is 25.6. The van der Waals surface area contributed by atoms with Crippen LogP contribution in [0.3, 0.4) is 0 Å². The van der Waals surface area contributed by atoms with E-state index in [1.165, 1.54) is 57.4 Å². The number of nitrogen functional groups attached to an aromatic ring is 3. The van der Waals surface area contributed by atoms with Crippen LogP contribution in [-0.4, -0.2) is 197 Å². The zero-order valence-electron chi connectivity index (χ0n) is 50.8. The zero-order valence-corrected chi connectivity index (χ0v) is 53.5. The molecule has 39 nitrogen and oxygen atoms in total. The standard InChI is InChI=1S/C18H30N5O8P.C16H26N5O8P.C15H24N5O8P/c1-11(2)6-13(19)16(24)21-14(17(25)28-3)9-31-32(27)10-29-12(8-30-32)7-23-5-4-15(20)22-18(23)26;1-9(2)13(18)14(22)19-11(15(23)24)7-29-30(26)8-27-10(6-28-30)5-21-4-3-12(17)20-16(21)25;1-9(16)13(21)18-11(14(22)25-2)7-28-29(24)8-26-10(6-27-29)5-20-4-3-12(17)19-15(20)23/h4-5,11-14H,6-10,19H2,1-3H3,(H,21,24)(H2,20,22,26);3-4,9-11,13H,5-8,18H2,1-2H3,(H,19,22)(H,23,24)(H2,17,20,25);3-4,9-11H,5-8,16H2,1-2H3,(H,18,21)(H2,17,19,23)/t12-,13?,14?,32?;10-,11?,13?,30?;9?,10-,11?,29?/m000/s1. The van der Waals surface area contributed by atoms with Gasteiger partial charge in [-0.25, -0.2) is 28.8 Å². The van der Waals surface area contributed by atoms with Crippen LogP contribution < -0.4 is 67.4 Å². The summed E-state index contributed by atoms with van der Waals surface area (Å²) in [6.45, 7) is 7.08. The maximum absolute atomic E-state index is 12.8. The molecule has 3 fully saturated rings. The molecule has 0 radical (unpaired) electrons. The molecule has 6 rings (SSSR count). The van der Waals surface area contributed by atoms with Crippen molar-refractivity contribution < 1.29 is 98.4 Å². The number of anilines is 3. The van der Waals surface area contributed by atoms with Gasteiger partial charge in [0.25, 0.3) is 0 Å². The Hall–Kier alpha value is -6.93. The molecule has 0 spiro atoms. The van der Waals surface area contributed by atoms with Crippen molar-refractivity contribution in [2.45, 2.75) is 115 Å². The number of aliphatic carboxylic acids is 1. The number of carboxylic acid groups (broad SMARTS) is 1. The van der Waals surface area contributed by atoms with Crippen LogP contribution in [0.15, 0.2) is 51.2 Å². The number of aromatic nitrogens is 6. The summed E-state index contributed by atoms with van der Waals surface area (Å²) in [5.41, 5.74) is 31.6. The Kier molecular flexibility index (Phi) is 30.1. The van der Waals surface area contributed by atoms with Crippen molar-refractivity contribution in [2.75, 3.05) is 90.1 Å². The van der Waals surface area contributed by atoms with Gasteiger partial charge in [-0.15, -0.1) is 0 Å². The molecule has 3 aliphatic rings. The summed E-state index contributed by atoms with van der Waals surface area (Å²) in [4.78, 5) is 117. The van der Waals surface area contributed by atoms with Crippen molar-refractivity contribution in [3.05, 3.63) is 68.2 Å². The van der Waals surface area contributed by atoms with Crippen molar-refractivity contribution in [1.82, 2.24) is 44.6 Å². The maximum atomic E-state index is 12.8. The highest BCUT2D eigenvalue weighted by Crippen LogP contribution is 2.52. The third-order valence-electron chi connectivity index (χ3n) is 12.7. The number of rotatable bonds is 27. The molecule has 0 aliphatic carbocycles. The molecular weight excluding hydrogens is 1280 g/mol. The number of nitrogens with two attached hydrogens (primary N) is 6. The van der Waals surface area contributed by atoms with Gasteiger partial charge in [0.05, 0.1) is 91.6 Å². The number of nitrogens with one attached hydrogen (secondary N) is 3. The molecule has 16 N–H and O–H groups in total. The molecule has 6 heterocycles. The van der Waals surface area contributed by atoms with Crippen LogP contribution in [0.4, 0.5) is 17.5 Å². The quantitative estimate of drug-likeness (QED) is 0.0266. The van der Waals surface area contributed by atoms with Crippen LogP contribution in [0.1, 0.15) is 41.0 Å². The van der Waals surface area contributed by atoms with E-state index in [0.717, 1.165) is 14.2 Å². The Morgan fingerprint density at radius 1 is 0.571 bits per heavy atom. The first-order valence-electron chi connectivity index (χ1n) is 27.7. The van der Waals surface area contributed by atoms with Gasteiger partial charge in [0.2, 0.25) is 17.7 Å². The average Bonchev–Trinajstić information content (AvgIpc) is 1.30. The predicted molar refractivity (Wildman–Crippen MR) is 318 cm³/mol. The topological polar surface area (TPSA) is 572 Å². The average molecular weight is 1360 g/mol. The summed E-state index contributed by atoms with van der Waals surface area (Å²) in [5.74, 6) is -4.52. The molecule has 42 heteroatoms. The van der Waals surface area contributed by atoms with Gasteiger partial charge in [-0.05, 0) is 43.4 Å². The number of esters is 2. The summed E-state index contributed by atoms with van der Waals surface area (Å²) in [5, 5.41) is 16.3. The minimum atomic E-state index is -3.75. The summed E-state index contributed by atoms with van der Waals surface area (Å²) in [6, 6.07) is -2.11. The molecule has 91 heavy (non-hydrogen) atoms. The zero-order chi connectivity index (χ0) is 68.0. The second kappa shape index (κ2) is 35.8. The highest BCUT2D eigenvalue weighted by Gasteiger charge is 2.39. The van der Waals surface area contributed by atoms with Crippen LogP contribution in [0, 0.1) is 11.8 Å². The molecule has 510 valence electrons. The Bertz CT molecular complexity index is 3260. The van der Waals surface area contributed by atoms with E-state index in [-0.39, 0.29) is 68.7 Å². The normalized spacial score (nSPS) is 23.4. The molecule has 3 aromatic heterocycles. The maximum Gasteiger partial charge on any atom is 0.356 e. The lowest BCUT2D eigenvalue weighted by molar-refractivity contribution is -0.146. The number of ether oxygens (including phenoxy) is 5. The van der Waals surface area contributed by atoms with Gasteiger partial charge in [-0.2, -0.15) is 15.0 Å². The van der Waals surface area contributed by atoms with Crippen LogP contribution in [0.5, 0.6) is 0 Å². The van der Waals surface area contributed by atoms with Gasteiger partial charge in [0, 0.05) is 18.6 Å². The number of carboxylic acids is 1. The van der Waals surface area contributed by atoms with Crippen LogP contribution in [0.25, 0.3) is 0 Å². The summed E-state index contributed by atoms with van der Waals surface area (Å²) < 4.78 is 99.0. The molecule has 3 amide bonds. The Balaban J connectivity index is 0.000000292. The number of hydrogen-bond donors (Lipinski definition) is 10. The van der Waals surface area contributed by atoms with Gasteiger partial charge in [0.1, 0.15) is 54.8 Å². The Morgan fingerprint density at radius 3 is 1.18 bits per heavy atom. The Labute approximate surface area is 520 Å². The molecule has 3 saturated heterocycles. The molecule has 3 aliphatic heterocycles. The summed E-state index contributed by atoms with van der Waals surface area (Å²) in [7, 11) is -8.85. The number of carbonyl (C=O) groups is 6. The Morgan fingerprint density at radius 2 is 0.901 bits per heavy atom. The van der Waals surface area contributed by atoms with Crippen LogP contribution in [-0.2, 0) is 113 Å². The van der Waals surface area contributed by atoms with E-state index < -0.39 is 169 Å². The molecular formula is C49H80N15O24P3. The SMILES string of the molecule is CC(C)C(N)C(=O)NC(COP1(=O)CO[C@@H](Cn2ccc(N)nc2=O)CO1)C(=O)O.COC(=O)C(COP1(=O)CO[C@@H](Cn2ccc(N)nc2=O)CO1)NC(=O)C(C)N.COC(=O)C(COP1(=O)CO[C@@H](Cn2ccc(N)nc2=O)CO1)NC(=O)C(N)CC(C)C. The van der Waals surface area contributed by atoms with Crippen molar-refractivity contribution >= 4 is 75.9 Å². The van der Waals surface area contributed by atoms with Gasteiger partial charge in [0.15, 0.2) is 18.1 Å². The molecule has 9 unspecified atom stereocenters. The van der Waals surface area contributed by atoms with E-state index in [1.807, 2.05) is 13.8 Å². The van der Waals surface area contributed by atoms with Crippen molar-refractivity contribution in [1.29, 1.82) is 0 Å². The van der Waals surface area contributed by atoms with E-state index >= 15 is 0 Å². The lowest BCUT2D eigenvalue weighted by Gasteiger charge is -2.30. The summed E-state index contributed by atoms with van der Waals surface area (Å²) >= 11 is 0. The fourth-order valence-electron chi connectivity index (χ4n) is 7.51. The van der Waals surface area contributed by atoms with E-state index in [2.05, 4.69) is 40.4 Å². The predicted octanol–water partition coefficient (Wildman–Crippen LogP) is -3.19. The van der Waals surface area contributed by atoms with Gasteiger partial charge in [-0.3, -0.25) is 41.8 Å². The number of methoxy groups -OCH3 is 2. The first-order valence-corrected chi connectivity index (χ1v) is 32.9. The van der Waals surface area contributed by atoms with Crippen LogP contribution in [0.2, 0.25) is 0 Å². The smallest absolute Gasteiger partial charge is 0.356 e. The van der Waals surface area contributed by atoms with Gasteiger partial charge >= 0.3 is 57.8 Å². The van der Waals surface area contributed by atoms with Crippen molar-refractivity contribution in [3.63, 3.8) is 0 Å². The highest BCUT2D eigenvalue weighted by molar-refractivity contribution is 7.54. The first kappa shape index (κ1) is 76.5. The fourth-order valence-corrected chi connectivity index (χ4v) is 11.7. The third-order valence-corrected chi connectivity index (χ3v) is 17.3. The van der Waals surface area contributed by atoms with Crippen molar-refractivity contribution in [3.8, 4) is 0 Å². The minimum Gasteiger partial charge on any atom is -0.480 e. The highest BCUT2D eigenvalue weighted by atomic mass is 31.2. The summed E-state index contributed by atoms with van der Waals surface area (Å²) in [6.07, 6.45) is 1.80. The van der Waals surface area contributed by atoms with Gasteiger partial charge in [-0.1, -0.05) is 27.7 Å². The number of nitrogens with zero attached hydrogens (tertiary/aromatic N) is 6. The molecule has 3 aromatic rings. The lowest BCUT2D eigenvalue weighted by Crippen LogP contribution is -2.51. The largest absolute Gasteiger partial charge is 0.480 e. The fraction of sp³-hybridized carbons (Fsp3) is 0.633. The monoisotopic (exact) mass is 1360 g/mol. The van der Waals surface area contributed by atoms with E-state index in [1.54, 1.807) is 13.8 Å². The molecule has 12 atom stereocenters. The number of hydrogen-bond acceptors (Lipinski definition) is 32. The second-order valence-corrected chi connectivity index (χ2v) is 27.1. The first-order chi connectivity index (χ1) is 42.7. The van der Waals surface area contributed by atoms with E-state index in [4.69, 9.17) is 75.8 Å². The van der Waals surface area contributed by atoms with E-state index in [0.29, 0.717) is 6.42 Å². The molecule has 0 bridgehead atoms. The number of amides is 3. The van der Waals surface area contributed by atoms with Crippen LogP contribution >= 0.6 is 22.8 Å². The molecule has 0 saturated carbocycles. The van der Waals surface area contributed by atoms with E-state index in [9.17, 15) is 62.0 Å². The van der Waals surface area contributed by atoms with Crippen molar-refractivity contribution in [2.24, 2.45) is 29.0 Å². The van der Waals surface area contributed by atoms with Gasteiger partial charge < -0.3 is 106 Å². The molecule has 0 aromatic carbocycles.